The maximum absolute atomic E-state index is 12.8. The van der Waals surface area contributed by atoms with Crippen molar-refractivity contribution in [3.8, 4) is 11.4 Å². The van der Waals surface area contributed by atoms with Gasteiger partial charge in [-0.3, -0.25) is 4.79 Å². The SMILES string of the molecule is CCOC(=O)c1c(NC(=O)CSc2nnc(-c3csc(C)c3)n2CC)sc2c1CCCCC2. The number of thiophene rings is 2. The lowest BCUT2D eigenvalue weighted by molar-refractivity contribution is -0.113. The van der Waals surface area contributed by atoms with Crippen LogP contribution in [0.2, 0.25) is 0 Å². The highest BCUT2D eigenvalue weighted by molar-refractivity contribution is 7.99. The molecule has 1 N–H and O–H groups in total. The van der Waals surface area contributed by atoms with Crippen molar-refractivity contribution in [2.24, 2.45) is 0 Å². The number of carbonyl (C=O) groups excluding carboxylic acids is 2. The van der Waals surface area contributed by atoms with Gasteiger partial charge in [0.2, 0.25) is 5.91 Å². The summed E-state index contributed by atoms with van der Waals surface area (Å²) in [5.74, 6) is 0.490. The lowest BCUT2D eigenvalue weighted by atomic mass is 10.1. The van der Waals surface area contributed by atoms with Gasteiger partial charge < -0.3 is 14.6 Å². The van der Waals surface area contributed by atoms with Gasteiger partial charge in [-0.15, -0.1) is 32.9 Å². The van der Waals surface area contributed by atoms with E-state index in [9.17, 15) is 9.59 Å². The van der Waals surface area contributed by atoms with Gasteiger partial charge in [0.25, 0.3) is 0 Å². The van der Waals surface area contributed by atoms with Gasteiger partial charge in [0.1, 0.15) is 5.00 Å². The van der Waals surface area contributed by atoms with Gasteiger partial charge in [-0.1, -0.05) is 18.2 Å². The molecule has 3 heterocycles. The summed E-state index contributed by atoms with van der Waals surface area (Å²) in [5.41, 5.74) is 2.64. The molecule has 0 aromatic carbocycles. The number of ether oxygens (including phenoxy) is 1. The lowest BCUT2D eigenvalue weighted by Gasteiger charge is -2.09. The molecule has 7 nitrogen and oxygen atoms in total. The summed E-state index contributed by atoms with van der Waals surface area (Å²) in [6.45, 7) is 6.93. The number of fused-ring (bicyclic) bond motifs is 1. The minimum Gasteiger partial charge on any atom is -0.462 e. The van der Waals surface area contributed by atoms with Crippen LogP contribution >= 0.6 is 34.4 Å². The largest absolute Gasteiger partial charge is 0.462 e. The van der Waals surface area contributed by atoms with E-state index in [0.717, 1.165) is 49.1 Å². The van der Waals surface area contributed by atoms with Crippen molar-refractivity contribution in [2.75, 3.05) is 17.7 Å². The van der Waals surface area contributed by atoms with E-state index in [1.54, 1.807) is 18.3 Å². The maximum Gasteiger partial charge on any atom is 0.341 e. The van der Waals surface area contributed by atoms with Crippen LogP contribution in [0.5, 0.6) is 0 Å². The third-order valence-corrected chi connectivity index (χ3v) is 8.54. The Morgan fingerprint density at radius 2 is 2.03 bits per heavy atom. The fourth-order valence-electron chi connectivity index (χ4n) is 4.00. The molecule has 1 aliphatic carbocycles. The number of anilines is 1. The van der Waals surface area contributed by atoms with Gasteiger partial charge in [-0.05, 0) is 58.1 Å². The van der Waals surface area contributed by atoms with E-state index in [0.29, 0.717) is 28.9 Å². The smallest absolute Gasteiger partial charge is 0.341 e. The maximum atomic E-state index is 12.8. The number of rotatable bonds is 8. The predicted octanol–water partition coefficient (Wildman–Crippen LogP) is 5.57. The molecule has 10 heteroatoms. The highest BCUT2D eigenvalue weighted by Crippen LogP contribution is 2.38. The Balaban J connectivity index is 1.49. The van der Waals surface area contributed by atoms with Crippen molar-refractivity contribution in [3.05, 3.63) is 32.3 Å². The topological polar surface area (TPSA) is 86.1 Å². The summed E-state index contributed by atoms with van der Waals surface area (Å²) >= 11 is 4.55. The van der Waals surface area contributed by atoms with E-state index in [1.165, 1.54) is 32.9 Å². The number of esters is 1. The first kappa shape index (κ1) is 24.0. The fraction of sp³-hybridized carbons (Fsp3) is 0.478. The average Bonchev–Trinajstić information content (AvgIpc) is 3.44. The molecule has 33 heavy (non-hydrogen) atoms. The first-order chi connectivity index (χ1) is 16.0. The number of carbonyl (C=O) groups is 2. The molecule has 0 saturated heterocycles. The minimum absolute atomic E-state index is 0.166. The number of hydrogen-bond acceptors (Lipinski definition) is 8. The number of nitrogens with one attached hydrogen (secondary N) is 1. The Morgan fingerprint density at radius 1 is 1.21 bits per heavy atom. The number of nitrogens with zero attached hydrogens (tertiary/aromatic N) is 3. The van der Waals surface area contributed by atoms with Crippen molar-refractivity contribution in [2.45, 2.75) is 64.6 Å². The summed E-state index contributed by atoms with van der Waals surface area (Å²) in [7, 11) is 0. The molecule has 4 rings (SSSR count). The number of hydrogen-bond donors (Lipinski definition) is 1. The number of aryl methyl sites for hydroxylation is 2. The van der Waals surface area contributed by atoms with Crippen molar-refractivity contribution in [3.63, 3.8) is 0 Å². The fourth-order valence-corrected chi connectivity index (χ4v) is 6.77. The third kappa shape index (κ3) is 5.33. The van der Waals surface area contributed by atoms with Gasteiger partial charge in [0.15, 0.2) is 11.0 Å². The summed E-state index contributed by atoms with van der Waals surface area (Å²) < 4.78 is 7.34. The molecule has 0 spiro atoms. The average molecular weight is 505 g/mol. The summed E-state index contributed by atoms with van der Waals surface area (Å²) in [4.78, 5) is 28.0. The van der Waals surface area contributed by atoms with E-state index >= 15 is 0 Å². The molecule has 1 aliphatic rings. The molecule has 0 saturated carbocycles. The van der Waals surface area contributed by atoms with Crippen LogP contribution < -0.4 is 5.32 Å². The zero-order valence-corrected chi connectivity index (χ0v) is 21.6. The highest BCUT2D eigenvalue weighted by atomic mass is 32.2. The second-order valence-corrected chi connectivity index (χ2v) is 11.0. The van der Waals surface area contributed by atoms with Gasteiger partial charge in [0.05, 0.1) is 17.9 Å². The number of aromatic nitrogens is 3. The Hall–Kier alpha value is -2.17. The molecule has 3 aromatic heterocycles. The van der Waals surface area contributed by atoms with E-state index in [4.69, 9.17) is 4.74 Å². The molecule has 0 radical (unpaired) electrons. The Labute approximate surface area is 206 Å². The monoisotopic (exact) mass is 504 g/mol. The normalized spacial score (nSPS) is 13.4. The molecule has 0 bridgehead atoms. The minimum atomic E-state index is -0.346. The van der Waals surface area contributed by atoms with Crippen LogP contribution in [0.15, 0.2) is 16.6 Å². The van der Waals surface area contributed by atoms with E-state index < -0.39 is 0 Å². The van der Waals surface area contributed by atoms with E-state index in [-0.39, 0.29) is 17.6 Å². The van der Waals surface area contributed by atoms with Gasteiger partial charge in [0, 0.05) is 27.2 Å². The van der Waals surface area contributed by atoms with Gasteiger partial charge in [-0.2, -0.15) is 0 Å². The molecule has 3 aromatic rings. The predicted molar refractivity (Wildman–Crippen MR) is 135 cm³/mol. The van der Waals surface area contributed by atoms with Crippen LogP contribution in [0, 0.1) is 6.92 Å². The van der Waals surface area contributed by atoms with E-state index in [1.807, 2.05) is 11.5 Å². The van der Waals surface area contributed by atoms with Gasteiger partial charge in [-0.25, -0.2) is 4.79 Å². The molecule has 176 valence electrons. The summed E-state index contributed by atoms with van der Waals surface area (Å²) in [5, 5.41) is 15.0. The molecule has 0 unspecified atom stereocenters. The number of amides is 1. The van der Waals surface area contributed by atoms with Crippen molar-refractivity contribution >= 4 is 51.3 Å². The molecule has 0 atom stereocenters. The molecule has 1 amide bonds. The second kappa shape index (κ2) is 10.8. The Kier molecular flexibility index (Phi) is 7.87. The number of thioether (sulfide) groups is 1. The Morgan fingerprint density at radius 3 is 2.76 bits per heavy atom. The second-order valence-electron chi connectivity index (χ2n) is 7.82. The highest BCUT2D eigenvalue weighted by Gasteiger charge is 2.27. The quantitative estimate of drug-likeness (QED) is 0.245. The van der Waals surface area contributed by atoms with Crippen molar-refractivity contribution in [1.29, 1.82) is 0 Å². The first-order valence-electron chi connectivity index (χ1n) is 11.2. The molecular weight excluding hydrogens is 476 g/mol. The van der Waals surface area contributed by atoms with Gasteiger partial charge >= 0.3 is 5.97 Å². The van der Waals surface area contributed by atoms with Crippen molar-refractivity contribution in [1.82, 2.24) is 14.8 Å². The van der Waals surface area contributed by atoms with Crippen LogP contribution in [-0.4, -0.2) is 39.0 Å². The van der Waals surface area contributed by atoms with Crippen LogP contribution in [0.1, 0.15) is 58.8 Å². The molecular formula is C23H28N4O3S3. The summed E-state index contributed by atoms with van der Waals surface area (Å²) in [6, 6.07) is 2.10. The van der Waals surface area contributed by atoms with Crippen LogP contribution in [-0.2, 0) is 28.9 Å². The molecule has 0 aliphatic heterocycles. The van der Waals surface area contributed by atoms with Crippen LogP contribution in [0.3, 0.4) is 0 Å². The first-order valence-corrected chi connectivity index (χ1v) is 13.9. The van der Waals surface area contributed by atoms with Crippen molar-refractivity contribution < 1.29 is 14.3 Å². The lowest BCUT2D eigenvalue weighted by Crippen LogP contribution is -2.17. The molecule has 0 fully saturated rings. The van der Waals surface area contributed by atoms with Crippen LogP contribution in [0.4, 0.5) is 5.00 Å². The van der Waals surface area contributed by atoms with E-state index in [2.05, 4.69) is 33.9 Å². The third-order valence-electron chi connectivity index (χ3n) is 5.51. The zero-order valence-electron chi connectivity index (χ0n) is 19.1. The van der Waals surface area contributed by atoms with Crippen LogP contribution in [0.25, 0.3) is 11.4 Å². The summed E-state index contributed by atoms with van der Waals surface area (Å²) in [6.07, 6.45) is 5.12. The Bertz CT molecular complexity index is 1150. The standard InChI is InChI=1S/C23H28N4O3S3/c1-4-27-20(15-11-14(3)31-12-15)25-26-23(27)32-13-18(28)24-21-19(22(29)30-5-2)16-9-7-6-8-10-17(16)33-21/h11-12H,4-10,13H2,1-3H3,(H,24,28). The zero-order chi connectivity index (χ0) is 23.4.